The van der Waals surface area contributed by atoms with E-state index < -0.39 is 0 Å². The highest BCUT2D eigenvalue weighted by Crippen LogP contribution is 2.21. The molecule has 0 saturated carbocycles. The lowest BCUT2D eigenvalue weighted by Crippen LogP contribution is -2.16. The molecule has 3 aromatic rings. The highest BCUT2D eigenvalue weighted by molar-refractivity contribution is 14.1. The molecular formula is C18H16FIN2O3. The molecule has 0 aliphatic heterocycles. The summed E-state index contributed by atoms with van der Waals surface area (Å²) in [5.74, 6) is -0.524. The van der Waals surface area contributed by atoms with Crippen LogP contribution in [0.4, 0.5) is 4.39 Å². The normalized spacial score (nSPS) is 11.2. The first-order chi connectivity index (χ1) is 12.1. The number of fused-ring (bicyclic) bond motifs is 1. The summed E-state index contributed by atoms with van der Waals surface area (Å²) in [5, 5.41) is 8.77. The molecular weight excluding hydrogens is 438 g/mol. The van der Waals surface area contributed by atoms with Gasteiger partial charge in [-0.15, -0.1) is 0 Å². The number of benzene rings is 1. The largest absolute Gasteiger partial charge is 0.394 e. The third-order valence-electron chi connectivity index (χ3n) is 3.83. The number of rotatable bonds is 7. The molecule has 0 aliphatic carbocycles. The van der Waals surface area contributed by atoms with E-state index in [1.54, 1.807) is 35.1 Å². The minimum Gasteiger partial charge on any atom is -0.394 e. The second-order valence-electron chi connectivity index (χ2n) is 5.49. The monoisotopic (exact) mass is 454 g/mol. The van der Waals surface area contributed by atoms with E-state index in [0.717, 1.165) is 9.09 Å². The smallest absolute Gasteiger partial charge is 0.190 e. The average molecular weight is 454 g/mol. The van der Waals surface area contributed by atoms with Crippen LogP contribution in [0.1, 0.15) is 21.6 Å². The number of nitrogens with zero attached hydrogens (tertiary/aromatic N) is 2. The molecule has 0 fully saturated rings. The van der Waals surface area contributed by atoms with Gasteiger partial charge in [0.25, 0.3) is 0 Å². The SMILES string of the molecule is O=C(COCCO)c1ccc2cncn2c1Cc1ccc(I)cc1F. The summed E-state index contributed by atoms with van der Waals surface area (Å²) in [5.41, 5.74) is 2.45. The Morgan fingerprint density at radius 2 is 2.16 bits per heavy atom. The van der Waals surface area contributed by atoms with Gasteiger partial charge in [0.05, 0.1) is 31.3 Å². The van der Waals surface area contributed by atoms with Gasteiger partial charge in [-0.1, -0.05) is 6.07 Å². The lowest BCUT2D eigenvalue weighted by Gasteiger charge is -2.13. The van der Waals surface area contributed by atoms with Crippen LogP contribution in [0.2, 0.25) is 0 Å². The number of hydrogen-bond acceptors (Lipinski definition) is 4. The Labute approximate surface area is 157 Å². The standard InChI is InChI=1S/C18H16FIN2O3/c19-16-8-13(20)2-1-12(16)7-17-15(18(24)10-25-6-5-23)4-3-14-9-21-11-22(14)17/h1-4,8-9,11,23H,5-7,10H2. The number of aliphatic hydroxyl groups excluding tert-OH is 1. The van der Waals surface area contributed by atoms with E-state index in [1.807, 2.05) is 6.07 Å². The number of hydrogen-bond donors (Lipinski definition) is 1. The van der Waals surface area contributed by atoms with Gasteiger partial charge in [0.15, 0.2) is 5.78 Å². The molecule has 25 heavy (non-hydrogen) atoms. The van der Waals surface area contributed by atoms with Crippen LogP contribution < -0.4 is 0 Å². The zero-order valence-corrected chi connectivity index (χ0v) is 15.4. The fourth-order valence-electron chi connectivity index (χ4n) is 2.64. The summed E-state index contributed by atoms with van der Waals surface area (Å²) in [6.07, 6.45) is 3.56. The lowest BCUT2D eigenvalue weighted by atomic mass is 10.0. The number of Topliss-reactive ketones (excluding diaryl/α,β-unsaturated/α-hetero) is 1. The number of aromatic nitrogens is 2. The first-order valence-electron chi connectivity index (χ1n) is 7.70. The van der Waals surface area contributed by atoms with Crippen molar-refractivity contribution in [3.05, 3.63) is 69.1 Å². The Morgan fingerprint density at radius 3 is 2.92 bits per heavy atom. The van der Waals surface area contributed by atoms with Crippen LogP contribution in [0, 0.1) is 9.39 Å². The fraction of sp³-hybridized carbons (Fsp3) is 0.222. The van der Waals surface area contributed by atoms with Crippen LogP contribution in [0.5, 0.6) is 0 Å². The second-order valence-corrected chi connectivity index (χ2v) is 6.74. The Bertz CT molecular complexity index is 910. The maximum absolute atomic E-state index is 14.3. The van der Waals surface area contributed by atoms with Crippen molar-refractivity contribution in [1.29, 1.82) is 0 Å². The topological polar surface area (TPSA) is 63.8 Å². The molecule has 0 unspecified atom stereocenters. The van der Waals surface area contributed by atoms with Gasteiger partial charge in [-0.3, -0.25) is 4.79 Å². The number of pyridine rings is 1. The molecule has 0 bridgehead atoms. The molecule has 2 aromatic heterocycles. The Hall–Kier alpha value is -1.84. The molecule has 0 spiro atoms. The Balaban J connectivity index is 2.00. The number of ketones is 1. The van der Waals surface area contributed by atoms with Crippen molar-refractivity contribution in [1.82, 2.24) is 9.38 Å². The molecule has 0 amide bonds. The van der Waals surface area contributed by atoms with Gasteiger partial charge in [0, 0.05) is 21.2 Å². The van der Waals surface area contributed by atoms with E-state index in [4.69, 9.17) is 9.84 Å². The quantitative estimate of drug-likeness (QED) is 0.339. The molecule has 0 radical (unpaired) electrons. The van der Waals surface area contributed by atoms with Gasteiger partial charge in [-0.25, -0.2) is 9.37 Å². The molecule has 5 nitrogen and oxygen atoms in total. The first kappa shape index (κ1) is 18.0. The Morgan fingerprint density at radius 1 is 1.32 bits per heavy atom. The third-order valence-corrected chi connectivity index (χ3v) is 4.50. The lowest BCUT2D eigenvalue weighted by molar-refractivity contribution is 0.0662. The number of carbonyl (C=O) groups is 1. The van der Waals surface area contributed by atoms with Crippen LogP contribution in [0.15, 0.2) is 42.9 Å². The fourth-order valence-corrected chi connectivity index (χ4v) is 3.09. The Kier molecular flexibility index (Phi) is 5.77. The van der Waals surface area contributed by atoms with Gasteiger partial charge in [0.2, 0.25) is 0 Å². The van der Waals surface area contributed by atoms with E-state index in [0.29, 0.717) is 16.8 Å². The van der Waals surface area contributed by atoms with E-state index in [9.17, 15) is 9.18 Å². The van der Waals surface area contributed by atoms with Crippen LogP contribution >= 0.6 is 22.6 Å². The first-order valence-corrected chi connectivity index (χ1v) is 8.77. The second kappa shape index (κ2) is 8.03. The maximum Gasteiger partial charge on any atom is 0.190 e. The minimum atomic E-state index is -0.307. The average Bonchev–Trinajstić information content (AvgIpc) is 3.06. The maximum atomic E-state index is 14.3. The van der Waals surface area contributed by atoms with Crippen LogP contribution in [-0.2, 0) is 11.2 Å². The van der Waals surface area contributed by atoms with Crippen molar-refractivity contribution >= 4 is 33.9 Å². The van der Waals surface area contributed by atoms with E-state index in [1.165, 1.54) is 6.07 Å². The number of halogens is 2. The van der Waals surface area contributed by atoms with E-state index in [2.05, 4.69) is 27.6 Å². The van der Waals surface area contributed by atoms with Crippen LogP contribution in [-0.4, -0.2) is 40.1 Å². The van der Waals surface area contributed by atoms with Crippen LogP contribution in [0.3, 0.4) is 0 Å². The summed E-state index contributed by atoms with van der Waals surface area (Å²) < 4.78 is 22.0. The van der Waals surface area contributed by atoms with Gasteiger partial charge in [-0.2, -0.15) is 0 Å². The molecule has 2 heterocycles. The van der Waals surface area contributed by atoms with Crippen molar-refractivity contribution in [2.24, 2.45) is 0 Å². The van der Waals surface area contributed by atoms with Gasteiger partial charge >= 0.3 is 0 Å². The molecule has 7 heteroatoms. The summed E-state index contributed by atoms with van der Waals surface area (Å²) in [4.78, 5) is 16.6. The van der Waals surface area contributed by atoms with Gasteiger partial charge in [0.1, 0.15) is 12.4 Å². The number of ether oxygens (including phenoxy) is 1. The zero-order chi connectivity index (χ0) is 17.8. The summed E-state index contributed by atoms with van der Waals surface area (Å²) in [6.45, 7) is -0.183. The van der Waals surface area contributed by atoms with Gasteiger partial charge in [-0.05, 0) is 52.4 Å². The molecule has 0 atom stereocenters. The van der Waals surface area contributed by atoms with Gasteiger partial charge < -0.3 is 14.2 Å². The minimum absolute atomic E-state index is 0.0974. The molecule has 1 aromatic carbocycles. The predicted octanol–water partition coefficient (Wildman–Crippen LogP) is 2.86. The van der Waals surface area contributed by atoms with Crippen molar-refractivity contribution in [2.45, 2.75) is 6.42 Å². The van der Waals surface area contributed by atoms with Crippen LogP contribution in [0.25, 0.3) is 5.52 Å². The molecule has 0 aliphatic rings. The van der Waals surface area contributed by atoms with Crippen molar-refractivity contribution in [2.75, 3.05) is 19.8 Å². The third kappa shape index (κ3) is 4.05. The molecule has 0 saturated heterocycles. The summed E-state index contributed by atoms with van der Waals surface area (Å²) in [6, 6.07) is 8.53. The number of aliphatic hydroxyl groups is 1. The molecule has 1 N–H and O–H groups in total. The van der Waals surface area contributed by atoms with Crippen molar-refractivity contribution < 1.29 is 19.0 Å². The molecule has 130 valence electrons. The predicted molar refractivity (Wildman–Crippen MR) is 99.4 cm³/mol. The summed E-state index contributed by atoms with van der Waals surface area (Å²) in [7, 11) is 0. The number of imidazole rings is 1. The highest BCUT2D eigenvalue weighted by atomic mass is 127. The van der Waals surface area contributed by atoms with E-state index >= 15 is 0 Å². The zero-order valence-electron chi connectivity index (χ0n) is 13.3. The summed E-state index contributed by atoms with van der Waals surface area (Å²) >= 11 is 2.06. The molecule has 3 rings (SSSR count). The van der Waals surface area contributed by atoms with Crippen molar-refractivity contribution in [3.8, 4) is 0 Å². The number of carbonyl (C=O) groups excluding carboxylic acids is 1. The highest BCUT2D eigenvalue weighted by Gasteiger charge is 2.17. The van der Waals surface area contributed by atoms with E-state index in [-0.39, 0.29) is 37.8 Å². The van der Waals surface area contributed by atoms with Crippen molar-refractivity contribution in [3.63, 3.8) is 0 Å².